The average molecular weight is 461 g/mol. The van der Waals surface area contributed by atoms with Crippen LogP contribution in [0.25, 0.3) is 14.8 Å². The summed E-state index contributed by atoms with van der Waals surface area (Å²) in [5.41, 5.74) is 1.56. The van der Waals surface area contributed by atoms with Gasteiger partial charge in [0.15, 0.2) is 0 Å². The molecule has 0 unspecified atom stereocenters. The number of benzene rings is 2. The van der Waals surface area contributed by atoms with Gasteiger partial charge in [-0.15, -0.1) is 11.3 Å². The lowest BCUT2D eigenvalue weighted by Crippen LogP contribution is -2.10. The minimum atomic E-state index is -3.98. The quantitative estimate of drug-likeness (QED) is 0.405. The fraction of sp³-hybridized carbons (Fsp3) is 0.100. The fourth-order valence-electron chi connectivity index (χ4n) is 2.71. The van der Waals surface area contributed by atoms with Gasteiger partial charge in [-0.05, 0) is 49.7 Å². The molecule has 2 aromatic heterocycles. The zero-order valence-electron chi connectivity index (χ0n) is 15.8. The lowest BCUT2D eigenvalue weighted by atomic mass is 10.2. The zero-order valence-corrected chi connectivity index (χ0v) is 18.2. The summed E-state index contributed by atoms with van der Waals surface area (Å²) >= 11 is 7.63. The van der Waals surface area contributed by atoms with Crippen molar-refractivity contribution >= 4 is 60.5 Å². The number of carbonyl (C=O) groups excluding carboxylic acids is 1. The van der Waals surface area contributed by atoms with Crippen molar-refractivity contribution in [2.45, 2.75) is 18.7 Å². The monoisotopic (exact) mass is 460 g/mol. The SMILES string of the molecule is Cc1noc([N-]S(=O)(=O)c2ccc(NC(=O)c3sc4ccccc4c3Cl)cc2)c1C. The highest BCUT2D eigenvalue weighted by Gasteiger charge is 2.17. The molecule has 1 amide bonds. The van der Waals surface area contributed by atoms with E-state index < -0.39 is 10.0 Å². The van der Waals surface area contributed by atoms with Crippen molar-refractivity contribution in [2.24, 2.45) is 0 Å². The first kappa shape index (κ1) is 20.4. The highest BCUT2D eigenvalue weighted by molar-refractivity contribution is 7.94. The summed E-state index contributed by atoms with van der Waals surface area (Å²) in [7, 11) is -3.98. The summed E-state index contributed by atoms with van der Waals surface area (Å²) in [5, 5.41) is 7.64. The zero-order chi connectivity index (χ0) is 21.5. The van der Waals surface area contributed by atoms with Crippen molar-refractivity contribution in [2.75, 3.05) is 5.32 Å². The van der Waals surface area contributed by atoms with Gasteiger partial charge in [0.05, 0.1) is 21.5 Å². The van der Waals surface area contributed by atoms with E-state index in [0.717, 1.165) is 10.1 Å². The van der Waals surface area contributed by atoms with Gasteiger partial charge in [-0.2, -0.15) is 0 Å². The van der Waals surface area contributed by atoms with Crippen molar-refractivity contribution in [3.63, 3.8) is 0 Å². The molecule has 0 atom stereocenters. The van der Waals surface area contributed by atoms with Crippen LogP contribution < -0.4 is 5.32 Å². The van der Waals surface area contributed by atoms with Crippen LogP contribution in [0.15, 0.2) is 57.9 Å². The van der Waals surface area contributed by atoms with Gasteiger partial charge < -0.3 is 14.6 Å². The van der Waals surface area contributed by atoms with Crippen molar-refractivity contribution < 1.29 is 17.7 Å². The summed E-state index contributed by atoms with van der Waals surface area (Å²) in [6.45, 7) is 3.38. The van der Waals surface area contributed by atoms with Gasteiger partial charge in [0.1, 0.15) is 14.9 Å². The van der Waals surface area contributed by atoms with E-state index in [1.54, 1.807) is 13.8 Å². The highest BCUT2D eigenvalue weighted by atomic mass is 35.5. The minimum Gasteiger partial charge on any atom is -0.539 e. The Hall–Kier alpha value is -2.88. The van der Waals surface area contributed by atoms with Crippen molar-refractivity contribution in [1.82, 2.24) is 5.16 Å². The third-order valence-corrected chi connectivity index (χ3v) is 7.44. The van der Waals surface area contributed by atoms with Crippen LogP contribution in [0.3, 0.4) is 0 Å². The topological polar surface area (TPSA) is 103 Å². The molecule has 4 rings (SSSR count). The van der Waals surface area contributed by atoms with E-state index in [-0.39, 0.29) is 16.7 Å². The molecule has 7 nitrogen and oxygen atoms in total. The maximum atomic E-state index is 12.6. The number of sulfonamides is 1. The molecular formula is C20H15ClN3O4S2-. The molecule has 0 aliphatic rings. The van der Waals surface area contributed by atoms with Crippen LogP contribution in [-0.4, -0.2) is 19.5 Å². The average Bonchev–Trinajstić information content (AvgIpc) is 3.22. The molecule has 30 heavy (non-hydrogen) atoms. The molecule has 10 heteroatoms. The second-order valence-corrected chi connectivity index (χ2v) is 9.52. The molecule has 0 bridgehead atoms. The summed E-state index contributed by atoms with van der Waals surface area (Å²) in [4.78, 5) is 13.0. The maximum absolute atomic E-state index is 12.6. The van der Waals surface area contributed by atoms with Crippen molar-refractivity contribution in [3.8, 4) is 0 Å². The molecule has 154 valence electrons. The van der Waals surface area contributed by atoms with E-state index in [2.05, 4.69) is 15.2 Å². The van der Waals surface area contributed by atoms with Gasteiger partial charge in [0.2, 0.25) is 0 Å². The number of thiophene rings is 1. The molecule has 0 saturated heterocycles. The number of hydrogen-bond donors (Lipinski definition) is 1. The largest absolute Gasteiger partial charge is 0.539 e. The van der Waals surface area contributed by atoms with Gasteiger partial charge in [-0.3, -0.25) is 4.79 Å². The summed E-state index contributed by atoms with van der Waals surface area (Å²) in [6.07, 6.45) is 0. The molecule has 0 aliphatic heterocycles. The molecule has 2 aromatic carbocycles. The number of anilines is 1. The predicted octanol–water partition coefficient (Wildman–Crippen LogP) is 5.81. The van der Waals surface area contributed by atoms with Crippen LogP contribution in [0.1, 0.15) is 20.9 Å². The number of amides is 1. The standard InChI is InChI=1S/C20H16ClN3O4S2/c1-11-12(2)23-28-20(11)24-30(26,27)14-9-7-13(8-10-14)22-19(25)18-17(21)15-5-3-4-6-16(15)29-18/h3-10H,1-2H3,(H2,22,23,24,25)/p-1. The smallest absolute Gasteiger partial charge is 0.267 e. The number of aromatic nitrogens is 1. The molecule has 1 N–H and O–H groups in total. The predicted molar refractivity (Wildman–Crippen MR) is 117 cm³/mol. The number of halogens is 1. The minimum absolute atomic E-state index is 0.0335. The lowest BCUT2D eigenvalue weighted by Gasteiger charge is -2.19. The molecule has 4 aromatic rings. The first-order valence-corrected chi connectivity index (χ1v) is 11.4. The molecule has 2 heterocycles. The Kier molecular flexibility index (Phi) is 5.27. The van der Waals surface area contributed by atoms with Crippen LogP contribution in [0, 0.1) is 13.8 Å². The maximum Gasteiger partial charge on any atom is 0.267 e. The highest BCUT2D eigenvalue weighted by Crippen LogP contribution is 2.36. The van der Waals surface area contributed by atoms with Crippen molar-refractivity contribution in [1.29, 1.82) is 0 Å². The van der Waals surface area contributed by atoms with E-state index >= 15 is 0 Å². The lowest BCUT2D eigenvalue weighted by molar-refractivity contribution is 0.103. The molecular weight excluding hydrogens is 446 g/mol. The normalized spacial score (nSPS) is 11.6. The second-order valence-electron chi connectivity index (χ2n) is 6.48. The Morgan fingerprint density at radius 1 is 1.13 bits per heavy atom. The number of carbonyl (C=O) groups is 1. The van der Waals surface area contributed by atoms with Crippen LogP contribution in [0.4, 0.5) is 11.6 Å². The summed E-state index contributed by atoms with van der Waals surface area (Å²) in [5.74, 6) is -0.418. The number of fused-ring (bicyclic) bond motifs is 1. The van der Waals surface area contributed by atoms with Gasteiger partial charge in [0.25, 0.3) is 5.91 Å². The van der Waals surface area contributed by atoms with E-state index in [0.29, 0.717) is 26.8 Å². The van der Waals surface area contributed by atoms with Gasteiger partial charge in [0, 0.05) is 15.8 Å². The van der Waals surface area contributed by atoms with Crippen LogP contribution in [-0.2, 0) is 10.0 Å². The Morgan fingerprint density at radius 2 is 1.83 bits per heavy atom. The van der Waals surface area contributed by atoms with E-state index in [1.165, 1.54) is 35.6 Å². The number of nitrogens with zero attached hydrogens (tertiary/aromatic N) is 2. The Morgan fingerprint density at radius 3 is 2.47 bits per heavy atom. The molecule has 0 saturated carbocycles. The Bertz CT molecular complexity index is 1360. The van der Waals surface area contributed by atoms with Crippen LogP contribution in [0.2, 0.25) is 5.02 Å². The van der Waals surface area contributed by atoms with Gasteiger partial charge >= 0.3 is 0 Å². The number of nitrogens with one attached hydrogen (secondary N) is 1. The number of aryl methyl sites for hydroxylation is 1. The molecule has 0 radical (unpaired) electrons. The Balaban J connectivity index is 1.52. The van der Waals surface area contributed by atoms with E-state index in [4.69, 9.17) is 16.1 Å². The third kappa shape index (κ3) is 3.79. The molecule has 0 aliphatic carbocycles. The van der Waals surface area contributed by atoms with Crippen molar-refractivity contribution in [3.05, 3.63) is 74.4 Å². The number of rotatable bonds is 5. The van der Waals surface area contributed by atoms with E-state index in [1.807, 2.05) is 24.3 Å². The first-order chi connectivity index (χ1) is 14.3. The molecule has 0 spiro atoms. The Labute approximate surface area is 181 Å². The van der Waals surface area contributed by atoms with Gasteiger partial charge in [-0.25, -0.2) is 8.42 Å². The second kappa shape index (κ2) is 7.75. The first-order valence-electron chi connectivity index (χ1n) is 8.75. The summed E-state index contributed by atoms with van der Waals surface area (Å²) in [6, 6.07) is 13.2. The van der Waals surface area contributed by atoms with Crippen LogP contribution >= 0.6 is 22.9 Å². The fourth-order valence-corrected chi connectivity index (χ4v) is 5.09. The van der Waals surface area contributed by atoms with Crippen LogP contribution in [0.5, 0.6) is 0 Å². The van der Waals surface area contributed by atoms with Gasteiger partial charge in [-0.1, -0.05) is 35.0 Å². The molecule has 0 fully saturated rings. The third-order valence-electron chi connectivity index (χ3n) is 4.49. The van der Waals surface area contributed by atoms with E-state index in [9.17, 15) is 13.2 Å². The number of hydrogen-bond acceptors (Lipinski definition) is 6. The summed E-state index contributed by atoms with van der Waals surface area (Å²) < 4.78 is 34.6.